The number of thiocarbonyl (C=S) groups is 1. The number of carbonyl (C=O) groups excluding carboxylic acids is 1. The average Bonchev–Trinajstić information content (AvgIpc) is 2.78. The summed E-state index contributed by atoms with van der Waals surface area (Å²) in [5.74, 6) is 1.23. The molecule has 0 unspecified atom stereocenters. The molecule has 0 radical (unpaired) electrons. The molecule has 0 aliphatic carbocycles. The van der Waals surface area contributed by atoms with Crippen LogP contribution in [0.5, 0.6) is 11.5 Å². The highest BCUT2D eigenvalue weighted by Gasteiger charge is 2.32. The molecule has 1 aliphatic heterocycles. The van der Waals surface area contributed by atoms with Gasteiger partial charge in [-0.2, -0.15) is 0 Å². The first-order chi connectivity index (χ1) is 15.0. The van der Waals surface area contributed by atoms with Crippen LogP contribution >= 0.6 is 12.2 Å². The van der Waals surface area contributed by atoms with Gasteiger partial charge in [0.05, 0.1) is 18.7 Å². The summed E-state index contributed by atoms with van der Waals surface area (Å²) < 4.78 is 11.6. The van der Waals surface area contributed by atoms with Gasteiger partial charge in [0, 0.05) is 18.8 Å². The van der Waals surface area contributed by atoms with Crippen molar-refractivity contribution in [2.24, 2.45) is 0 Å². The number of rotatable bonds is 8. The topological polar surface area (TPSA) is 62.8 Å². The third-order valence-electron chi connectivity index (χ3n) is 5.31. The minimum atomic E-state index is -0.376. The Bertz CT molecular complexity index is 971. The van der Waals surface area contributed by atoms with Crippen molar-refractivity contribution >= 4 is 23.2 Å². The molecular weight excluding hydrogens is 410 g/mol. The quantitative estimate of drug-likeness (QED) is 0.608. The molecular formula is C24H29N3O3S. The molecule has 2 aromatic rings. The maximum absolute atomic E-state index is 13.2. The lowest BCUT2D eigenvalue weighted by atomic mass is 9.94. The molecule has 3 rings (SSSR count). The van der Waals surface area contributed by atoms with Gasteiger partial charge in [0.2, 0.25) is 0 Å². The molecule has 2 N–H and O–H groups in total. The highest BCUT2D eigenvalue weighted by Crippen LogP contribution is 2.35. The van der Waals surface area contributed by atoms with Gasteiger partial charge in [0.1, 0.15) is 6.61 Å². The summed E-state index contributed by atoms with van der Waals surface area (Å²) in [4.78, 5) is 15.0. The minimum absolute atomic E-state index is 0.0154. The summed E-state index contributed by atoms with van der Waals surface area (Å²) in [6.07, 6.45) is 0. The van der Waals surface area contributed by atoms with E-state index in [1.54, 1.807) is 12.0 Å². The van der Waals surface area contributed by atoms with Crippen LogP contribution in [-0.2, 0) is 11.4 Å². The first-order valence-corrected chi connectivity index (χ1v) is 10.8. The summed E-state index contributed by atoms with van der Waals surface area (Å²) in [5.41, 5.74) is 3.36. The first kappa shape index (κ1) is 22.6. The number of hydrogen-bond acceptors (Lipinski definition) is 4. The van der Waals surface area contributed by atoms with Crippen LogP contribution in [0, 0.1) is 0 Å². The van der Waals surface area contributed by atoms with Crippen LogP contribution in [0.3, 0.4) is 0 Å². The summed E-state index contributed by atoms with van der Waals surface area (Å²) in [6.45, 7) is 7.55. The van der Waals surface area contributed by atoms with Gasteiger partial charge in [0.15, 0.2) is 16.6 Å². The number of carbonyl (C=O) groups is 1. The number of ether oxygens (including phenoxy) is 2. The lowest BCUT2D eigenvalue weighted by molar-refractivity contribution is -0.127. The Hall–Kier alpha value is -3.06. The number of benzene rings is 2. The molecule has 1 aliphatic rings. The van der Waals surface area contributed by atoms with Crippen molar-refractivity contribution in [3.05, 3.63) is 70.9 Å². The van der Waals surface area contributed by atoms with Gasteiger partial charge in [0.25, 0.3) is 5.91 Å². The number of likely N-dealkylation sites (N-methyl/N-ethyl adjacent to an activating group) is 1. The van der Waals surface area contributed by atoms with Crippen molar-refractivity contribution in [1.29, 1.82) is 0 Å². The molecule has 7 heteroatoms. The Balaban J connectivity index is 1.91. The van der Waals surface area contributed by atoms with E-state index in [-0.39, 0.29) is 11.9 Å². The fraction of sp³-hybridized carbons (Fsp3) is 0.333. The van der Waals surface area contributed by atoms with Crippen LogP contribution in [0.2, 0.25) is 0 Å². The highest BCUT2D eigenvalue weighted by molar-refractivity contribution is 7.80. The molecule has 0 spiro atoms. The summed E-state index contributed by atoms with van der Waals surface area (Å²) >= 11 is 5.37. The maximum Gasteiger partial charge on any atom is 0.253 e. The van der Waals surface area contributed by atoms with Gasteiger partial charge in [-0.3, -0.25) is 4.79 Å². The number of nitrogens with one attached hydrogen (secondary N) is 2. The maximum atomic E-state index is 13.2. The fourth-order valence-corrected chi connectivity index (χ4v) is 3.90. The highest BCUT2D eigenvalue weighted by atomic mass is 32.1. The second kappa shape index (κ2) is 10.3. The SMILES string of the molecule is CCN(CC)C(=O)C1=C(C)NC(=S)N[C@@H]1c1ccc(OCc2ccccc2)c(OC)c1. The number of allylic oxidation sites excluding steroid dienone is 1. The molecule has 0 aromatic heterocycles. The first-order valence-electron chi connectivity index (χ1n) is 10.4. The van der Waals surface area contributed by atoms with Gasteiger partial charge >= 0.3 is 0 Å². The van der Waals surface area contributed by atoms with Crippen molar-refractivity contribution in [3.8, 4) is 11.5 Å². The van der Waals surface area contributed by atoms with Gasteiger partial charge in [-0.25, -0.2) is 0 Å². The molecule has 0 bridgehead atoms. The molecule has 1 amide bonds. The van der Waals surface area contributed by atoms with E-state index in [2.05, 4.69) is 10.6 Å². The summed E-state index contributed by atoms with van der Waals surface area (Å²) in [5, 5.41) is 6.82. The predicted octanol–water partition coefficient (Wildman–Crippen LogP) is 3.94. The molecule has 31 heavy (non-hydrogen) atoms. The molecule has 164 valence electrons. The van der Waals surface area contributed by atoms with Gasteiger partial charge in [-0.05, 0) is 56.2 Å². The van der Waals surface area contributed by atoms with E-state index in [9.17, 15) is 4.79 Å². The zero-order valence-electron chi connectivity index (χ0n) is 18.4. The van der Waals surface area contributed by atoms with Crippen LogP contribution in [-0.4, -0.2) is 36.1 Å². The summed E-state index contributed by atoms with van der Waals surface area (Å²) in [6, 6.07) is 15.3. The standard InChI is InChI=1S/C24H29N3O3S/c1-5-27(6-2)23(28)21-16(3)25-24(31)26-22(21)18-12-13-19(20(14-18)29-4)30-15-17-10-8-7-9-11-17/h7-14,22H,5-6,15H2,1-4H3,(H2,25,26,31)/t22-/m1/s1. The third-order valence-corrected chi connectivity index (χ3v) is 5.53. The van der Waals surface area contributed by atoms with E-state index < -0.39 is 0 Å². The second-order valence-corrected chi connectivity index (χ2v) is 7.64. The van der Waals surface area contributed by atoms with Gasteiger partial charge in [-0.15, -0.1) is 0 Å². The van der Waals surface area contributed by atoms with E-state index in [0.29, 0.717) is 41.9 Å². The van der Waals surface area contributed by atoms with E-state index in [1.807, 2.05) is 69.3 Å². The van der Waals surface area contributed by atoms with Crippen molar-refractivity contribution < 1.29 is 14.3 Å². The van der Waals surface area contributed by atoms with Crippen molar-refractivity contribution in [2.45, 2.75) is 33.4 Å². The van der Waals surface area contributed by atoms with Gasteiger partial charge in [-0.1, -0.05) is 36.4 Å². The van der Waals surface area contributed by atoms with E-state index in [4.69, 9.17) is 21.7 Å². The van der Waals surface area contributed by atoms with Crippen LogP contribution in [0.15, 0.2) is 59.8 Å². The normalized spacial score (nSPS) is 15.7. The Labute approximate surface area is 189 Å². The smallest absolute Gasteiger partial charge is 0.253 e. The summed E-state index contributed by atoms with van der Waals surface area (Å²) in [7, 11) is 1.61. The Kier molecular flexibility index (Phi) is 7.52. The largest absolute Gasteiger partial charge is 0.493 e. The molecule has 1 heterocycles. The van der Waals surface area contributed by atoms with Crippen LogP contribution < -0.4 is 20.1 Å². The van der Waals surface area contributed by atoms with Crippen molar-refractivity contribution in [3.63, 3.8) is 0 Å². The molecule has 2 aromatic carbocycles. The predicted molar refractivity (Wildman–Crippen MR) is 126 cm³/mol. The Morgan fingerprint density at radius 3 is 2.45 bits per heavy atom. The van der Waals surface area contributed by atoms with Crippen LogP contribution in [0.1, 0.15) is 37.9 Å². The minimum Gasteiger partial charge on any atom is -0.493 e. The molecule has 1 atom stereocenters. The number of methoxy groups -OCH3 is 1. The molecule has 0 saturated heterocycles. The van der Waals surface area contributed by atoms with E-state index in [0.717, 1.165) is 16.8 Å². The lowest BCUT2D eigenvalue weighted by Gasteiger charge is -2.33. The molecule has 6 nitrogen and oxygen atoms in total. The third kappa shape index (κ3) is 5.17. The van der Waals surface area contributed by atoms with E-state index >= 15 is 0 Å². The number of amides is 1. The van der Waals surface area contributed by atoms with Crippen molar-refractivity contribution in [1.82, 2.24) is 15.5 Å². The second-order valence-electron chi connectivity index (χ2n) is 7.23. The zero-order chi connectivity index (χ0) is 22.4. The number of nitrogens with zero attached hydrogens (tertiary/aromatic N) is 1. The number of hydrogen-bond donors (Lipinski definition) is 2. The van der Waals surface area contributed by atoms with Gasteiger partial charge < -0.3 is 25.0 Å². The molecule has 0 fully saturated rings. The monoisotopic (exact) mass is 439 g/mol. The van der Waals surface area contributed by atoms with E-state index in [1.165, 1.54) is 0 Å². The van der Waals surface area contributed by atoms with Crippen molar-refractivity contribution in [2.75, 3.05) is 20.2 Å². The zero-order valence-corrected chi connectivity index (χ0v) is 19.2. The van der Waals surface area contributed by atoms with Crippen LogP contribution in [0.25, 0.3) is 0 Å². The Morgan fingerprint density at radius 1 is 1.10 bits per heavy atom. The average molecular weight is 440 g/mol. The van der Waals surface area contributed by atoms with Crippen LogP contribution in [0.4, 0.5) is 0 Å². The fourth-order valence-electron chi connectivity index (χ4n) is 3.63. The Morgan fingerprint density at radius 2 is 1.81 bits per heavy atom. The lowest BCUT2D eigenvalue weighted by Crippen LogP contribution is -2.47. The molecule has 0 saturated carbocycles.